The van der Waals surface area contributed by atoms with E-state index in [1.165, 1.54) is 0 Å². The molecule has 0 spiro atoms. The van der Waals surface area contributed by atoms with Crippen LogP contribution < -0.4 is 4.74 Å². The minimum absolute atomic E-state index is 0.327. The molecule has 0 radical (unpaired) electrons. The Bertz CT molecular complexity index is 857. The first-order valence-electron chi connectivity index (χ1n) is 7.80. The first kappa shape index (κ1) is 15.1. The third-order valence-corrected chi connectivity index (χ3v) is 3.71. The lowest BCUT2D eigenvalue weighted by molar-refractivity contribution is 0.317. The van der Waals surface area contributed by atoms with E-state index in [1.807, 2.05) is 53.9 Å². The summed E-state index contributed by atoms with van der Waals surface area (Å²) < 4.78 is 7.63. The van der Waals surface area contributed by atoms with Crippen molar-refractivity contribution in [2.45, 2.75) is 26.7 Å². The molecule has 0 aliphatic heterocycles. The molecule has 0 atom stereocenters. The lowest BCUT2D eigenvalue weighted by atomic mass is 10.1. The van der Waals surface area contributed by atoms with Crippen molar-refractivity contribution in [2.24, 2.45) is 0 Å². The van der Waals surface area contributed by atoms with Gasteiger partial charge in [0.2, 0.25) is 0 Å². The fraction of sp³-hybridized carbons (Fsp3) is 0.263. The molecule has 23 heavy (non-hydrogen) atoms. The van der Waals surface area contributed by atoms with E-state index in [9.17, 15) is 0 Å². The van der Waals surface area contributed by atoms with Gasteiger partial charge in [0.25, 0.3) is 0 Å². The second-order valence-electron chi connectivity index (χ2n) is 5.55. The van der Waals surface area contributed by atoms with Crippen LogP contribution in [0.5, 0.6) is 5.75 Å². The zero-order valence-corrected chi connectivity index (χ0v) is 13.4. The van der Waals surface area contributed by atoms with Gasteiger partial charge in [-0.3, -0.25) is 0 Å². The highest BCUT2D eigenvalue weighted by Gasteiger charge is 2.14. The molecule has 3 aromatic rings. The monoisotopic (exact) mass is 305 g/mol. The van der Waals surface area contributed by atoms with Crippen LogP contribution in [0.2, 0.25) is 0 Å². The fourth-order valence-corrected chi connectivity index (χ4v) is 2.60. The molecule has 116 valence electrons. The first-order chi connectivity index (χ1) is 11.2. The highest BCUT2D eigenvalue weighted by Crippen LogP contribution is 2.27. The molecule has 4 heteroatoms. The van der Waals surface area contributed by atoms with E-state index >= 15 is 0 Å². The Morgan fingerprint density at radius 1 is 1.17 bits per heavy atom. The predicted octanol–water partition coefficient (Wildman–Crippen LogP) is 4.16. The molecule has 4 nitrogen and oxygen atoms in total. The normalized spacial score (nSPS) is 10.7. The highest BCUT2D eigenvalue weighted by molar-refractivity contribution is 5.67. The number of hydrogen-bond donors (Lipinski definition) is 0. The number of hydrogen-bond acceptors (Lipinski definition) is 3. The van der Waals surface area contributed by atoms with Crippen LogP contribution in [0, 0.1) is 18.3 Å². The van der Waals surface area contributed by atoms with E-state index in [4.69, 9.17) is 15.0 Å². The molecule has 0 aliphatic rings. The number of aromatic nitrogens is 2. The summed E-state index contributed by atoms with van der Waals surface area (Å²) in [7, 11) is 0. The van der Waals surface area contributed by atoms with Gasteiger partial charge >= 0.3 is 0 Å². The second-order valence-corrected chi connectivity index (χ2v) is 5.55. The number of aryl methyl sites for hydroxylation is 1. The van der Waals surface area contributed by atoms with Gasteiger partial charge < -0.3 is 9.14 Å². The van der Waals surface area contributed by atoms with Crippen LogP contribution in [0.4, 0.5) is 0 Å². The smallest absolute Gasteiger partial charge is 0.137 e. The van der Waals surface area contributed by atoms with Gasteiger partial charge in [-0.05, 0) is 49.2 Å². The minimum atomic E-state index is 0.327. The van der Waals surface area contributed by atoms with Crippen molar-refractivity contribution in [1.29, 1.82) is 5.26 Å². The van der Waals surface area contributed by atoms with Crippen LogP contribution in [0.1, 0.15) is 24.6 Å². The molecule has 0 N–H and O–H groups in total. The Balaban J connectivity index is 2.04. The summed E-state index contributed by atoms with van der Waals surface area (Å²) in [4.78, 5) is 4.71. The quantitative estimate of drug-likeness (QED) is 0.711. The SMILES string of the molecule is CCCOc1ccc(-c2nc3ccc(C)cn3c2CC#N)cc1. The van der Waals surface area contributed by atoms with E-state index < -0.39 is 0 Å². The van der Waals surface area contributed by atoms with Crippen LogP contribution in [-0.2, 0) is 6.42 Å². The number of rotatable bonds is 5. The van der Waals surface area contributed by atoms with E-state index in [2.05, 4.69) is 13.0 Å². The summed E-state index contributed by atoms with van der Waals surface area (Å²) in [5, 5.41) is 9.17. The molecule has 2 heterocycles. The summed E-state index contributed by atoms with van der Waals surface area (Å²) in [5.74, 6) is 0.858. The van der Waals surface area contributed by atoms with Crippen molar-refractivity contribution >= 4 is 5.65 Å². The Kier molecular flexibility index (Phi) is 4.29. The van der Waals surface area contributed by atoms with Crippen LogP contribution in [0.15, 0.2) is 42.6 Å². The average molecular weight is 305 g/mol. The second kappa shape index (κ2) is 6.53. The van der Waals surface area contributed by atoms with E-state index in [0.717, 1.165) is 40.3 Å². The van der Waals surface area contributed by atoms with E-state index in [1.54, 1.807) is 0 Å². The number of benzene rings is 1. The van der Waals surface area contributed by atoms with Gasteiger partial charge in [-0.1, -0.05) is 13.0 Å². The minimum Gasteiger partial charge on any atom is -0.494 e. The molecule has 1 aromatic carbocycles. The largest absolute Gasteiger partial charge is 0.494 e. The van der Waals surface area contributed by atoms with Crippen molar-refractivity contribution in [3.8, 4) is 23.1 Å². The Morgan fingerprint density at radius 2 is 1.96 bits per heavy atom. The standard InChI is InChI=1S/C19H19N3O/c1-3-12-23-16-7-5-15(6-8-16)19-17(10-11-20)22-13-14(2)4-9-18(22)21-19/h4-9,13H,3,10,12H2,1-2H3. The van der Waals surface area contributed by atoms with Crippen LogP contribution in [-0.4, -0.2) is 16.0 Å². The van der Waals surface area contributed by atoms with Gasteiger partial charge in [0.15, 0.2) is 0 Å². The number of imidazole rings is 1. The maximum atomic E-state index is 9.17. The van der Waals surface area contributed by atoms with E-state index in [0.29, 0.717) is 13.0 Å². The summed E-state index contributed by atoms with van der Waals surface area (Å²) in [6, 6.07) is 14.2. The average Bonchev–Trinajstić information content (AvgIpc) is 2.92. The van der Waals surface area contributed by atoms with Crippen molar-refractivity contribution < 1.29 is 4.74 Å². The van der Waals surface area contributed by atoms with Gasteiger partial charge in [-0.2, -0.15) is 5.26 Å². The number of pyridine rings is 1. The maximum Gasteiger partial charge on any atom is 0.137 e. The number of nitrogens with zero attached hydrogens (tertiary/aromatic N) is 3. The molecule has 0 amide bonds. The number of fused-ring (bicyclic) bond motifs is 1. The highest BCUT2D eigenvalue weighted by atomic mass is 16.5. The van der Waals surface area contributed by atoms with Crippen molar-refractivity contribution in [3.05, 3.63) is 53.9 Å². The van der Waals surface area contributed by atoms with Crippen LogP contribution in [0.3, 0.4) is 0 Å². The van der Waals surface area contributed by atoms with Crippen molar-refractivity contribution in [2.75, 3.05) is 6.61 Å². The first-order valence-corrected chi connectivity index (χ1v) is 7.80. The Labute approximate surface area is 136 Å². The summed E-state index contributed by atoms with van der Waals surface area (Å²) in [6.07, 6.45) is 3.34. The summed E-state index contributed by atoms with van der Waals surface area (Å²) >= 11 is 0. The number of ether oxygens (including phenoxy) is 1. The predicted molar refractivity (Wildman–Crippen MR) is 90.5 cm³/mol. The molecule has 0 unspecified atom stereocenters. The Hall–Kier alpha value is -2.80. The molecule has 3 rings (SSSR count). The molecule has 0 aliphatic carbocycles. The molecule has 0 saturated carbocycles. The summed E-state index contributed by atoms with van der Waals surface area (Å²) in [6.45, 7) is 4.84. The van der Waals surface area contributed by atoms with Crippen LogP contribution in [0.25, 0.3) is 16.9 Å². The molecule has 0 bridgehead atoms. The van der Waals surface area contributed by atoms with Gasteiger partial charge in [-0.25, -0.2) is 4.98 Å². The third-order valence-electron chi connectivity index (χ3n) is 3.71. The molecular formula is C19H19N3O. The van der Waals surface area contributed by atoms with Crippen LogP contribution >= 0.6 is 0 Å². The molecule has 2 aromatic heterocycles. The lowest BCUT2D eigenvalue weighted by Crippen LogP contribution is -1.95. The van der Waals surface area contributed by atoms with Gasteiger partial charge in [0, 0.05) is 11.8 Å². The zero-order valence-electron chi connectivity index (χ0n) is 13.4. The van der Waals surface area contributed by atoms with Crippen molar-refractivity contribution in [3.63, 3.8) is 0 Å². The maximum absolute atomic E-state index is 9.17. The number of nitriles is 1. The lowest BCUT2D eigenvalue weighted by Gasteiger charge is -2.06. The van der Waals surface area contributed by atoms with E-state index in [-0.39, 0.29) is 0 Å². The third kappa shape index (κ3) is 3.04. The zero-order chi connectivity index (χ0) is 16.2. The molecule has 0 fully saturated rings. The summed E-state index contributed by atoms with van der Waals surface area (Å²) in [5.41, 5.74) is 4.79. The molecular weight excluding hydrogens is 286 g/mol. The van der Waals surface area contributed by atoms with Gasteiger partial charge in [-0.15, -0.1) is 0 Å². The van der Waals surface area contributed by atoms with Gasteiger partial charge in [0.1, 0.15) is 11.4 Å². The Morgan fingerprint density at radius 3 is 2.65 bits per heavy atom. The van der Waals surface area contributed by atoms with Gasteiger partial charge in [0.05, 0.1) is 30.5 Å². The molecule has 0 saturated heterocycles. The topological polar surface area (TPSA) is 50.3 Å². The fourth-order valence-electron chi connectivity index (χ4n) is 2.60. The van der Waals surface area contributed by atoms with Crippen molar-refractivity contribution in [1.82, 2.24) is 9.38 Å².